The van der Waals surface area contributed by atoms with E-state index in [1.54, 1.807) is 17.5 Å². The van der Waals surface area contributed by atoms with Gasteiger partial charge in [-0.3, -0.25) is 9.59 Å². The van der Waals surface area contributed by atoms with Crippen LogP contribution in [0.25, 0.3) is 5.76 Å². The number of amides is 1. The zero-order chi connectivity index (χ0) is 22.3. The highest BCUT2D eigenvalue weighted by atomic mass is 32.1. The first-order chi connectivity index (χ1) is 14.8. The molecule has 0 radical (unpaired) electrons. The van der Waals surface area contributed by atoms with Crippen LogP contribution < -0.4 is 0 Å². The molecule has 2 aromatic carbocycles. The maximum atomic E-state index is 13.7. The highest BCUT2D eigenvalue weighted by Crippen LogP contribution is 2.44. The number of Topliss-reactive ketones (excluding diaryl/α,β-unsaturated/α-hetero) is 1. The second kappa shape index (κ2) is 7.84. The number of phenols is 2. The molecule has 0 bridgehead atoms. The summed E-state index contributed by atoms with van der Waals surface area (Å²) in [6.45, 7) is 0.0157. The molecule has 158 valence electrons. The Morgan fingerprint density at radius 1 is 1.03 bits per heavy atom. The average Bonchev–Trinajstić information content (AvgIpc) is 3.32. The van der Waals surface area contributed by atoms with Crippen molar-refractivity contribution in [2.24, 2.45) is 0 Å². The Hall–Kier alpha value is -3.72. The molecule has 0 aliphatic carbocycles. The maximum Gasteiger partial charge on any atom is 0.295 e. The summed E-state index contributed by atoms with van der Waals surface area (Å²) >= 11 is 1.35. The highest BCUT2D eigenvalue weighted by molar-refractivity contribution is 7.09. The van der Waals surface area contributed by atoms with Gasteiger partial charge in [0.1, 0.15) is 17.3 Å². The monoisotopic (exact) mass is 443 g/mol. The van der Waals surface area contributed by atoms with Crippen molar-refractivity contribution >= 4 is 28.8 Å². The number of hydrogen-bond acceptors (Lipinski definition) is 6. The van der Waals surface area contributed by atoms with E-state index in [4.69, 9.17) is 0 Å². The number of thiophene rings is 1. The molecule has 9 heteroatoms. The molecular weight excluding hydrogens is 428 g/mol. The molecule has 1 aliphatic rings. The van der Waals surface area contributed by atoms with E-state index in [1.807, 2.05) is 0 Å². The molecule has 0 saturated carbocycles. The van der Waals surface area contributed by atoms with Crippen molar-refractivity contribution in [1.82, 2.24) is 4.90 Å². The number of carbonyl (C=O) groups excluding carboxylic acids is 2. The lowest BCUT2D eigenvalue weighted by Crippen LogP contribution is -2.28. The number of aromatic hydroxyl groups is 2. The van der Waals surface area contributed by atoms with Gasteiger partial charge in [0, 0.05) is 22.1 Å². The number of aliphatic hydroxyl groups excluding tert-OH is 1. The number of likely N-dealkylation sites (tertiary alicyclic amines) is 1. The topological polar surface area (TPSA) is 98.1 Å². The molecule has 2 heterocycles. The van der Waals surface area contributed by atoms with E-state index in [0.717, 1.165) is 23.1 Å². The number of hydrogen-bond donors (Lipinski definition) is 3. The summed E-state index contributed by atoms with van der Waals surface area (Å²) in [5, 5.41) is 32.6. The summed E-state index contributed by atoms with van der Waals surface area (Å²) in [6.07, 6.45) is 0. The third-order valence-corrected chi connectivity index (χ3v) is 5.81. The molecule has 1 aliphatic heterocycles. The highest BCUT2D eigenvalue weighted by Gasteiger charge is 2.47. The third kappa shape index (κ3) is 3.64. The van der Waals surface area contributed by atoms with Crippen molar-refractivity contribution in [1.29, 1.82) is 0 Å². The fourth-order valence-electron chi connectivity index (χ4n) is 3.50. The number of carbonyl (C=O) groups is 2. The Morgan fingerprint density at radius 2 is 1.81 bits per heavy atom. The third-order valence-electron chi connectivity index (χ3n) is 4.95. The minimum Gasteiger partial charge on any atom is -0.508 e. The van der Waals surface area contributed by atoms with Crippen molar-refractivity contribution in [3.05, 3.63) is 87.1 Å². The number of benzene rings is 2. The van der Waals surface area contributed by atoms with Crippen molar-refractivity contribution < 1.29 is 33.7 Å². The molecule has 1 aromatic heterocycles. The van der Waals surface area contributed by atoms with E-state index in [2.05, 4.69) is 0 Å². The van der Waals surface area contributed by atoms with Crippen LogP contribution in [0.15, 0.2) is 59.5 Å². The summed E-state index contributed by atoms with van der Waals surface area (Å²) < 4.78 is 27.0. The fraction of sp³-hybridized carbons (Fsp3) is 0.0909. The van der Waals surface area contributed by atoms with Gasteiger partial charge >= 0.3 is 0 Å². The molecule has 1 unspecified atom stereocenters. The molecule has 3 N–H and O–H groups in total. The first-order valence-corrected chi connectivity index (χ1v) is 9.94. The first-order valence-electron chi connectivity index (χ1n) is 9.06. The smallest absolute Gasteiger partial charge is 0.295 e. The molecular formula is C22H15F2NO5S. The largest absolute Gasteiger partial charge is 0.508 e. The van der Waals surface area contributed by atoms with E-state index >= 15 is 0 Å². The minimum absolute atomic E-state index is 0.0157. The van der Waals surface area contributed by atoms with Gasteiger partial charge in [0.25, 0.3) is 11.7 Å². The van der Waals surface area contributed by atoms with Crippen molar-refractivity contribution in [3.8, 4) is 11.5 Å². The number of ketones is 1. The van der Waals surface area contributed by atoms with Gasteiger partial charge in [-0.05, 0) is 41.8 Å². The predicted molar refractivity (Wildman–Crippen MR) is 108 cm³/mol. The Morgan fingerprint density at radius 3 is 2.45 bits per heavy atom. The standard InChI is InChI=1S/C22H15F2NO5S/c23-15-6-3-11(8-16(15)24)20(28)18-19(14-5-4-12(26)9-17(14)27)25(22(30)21(18)29)10-13-2-1-7-31-13/h1-9,19,26-28H,10H2/b20-18+. The first kappa shape index (κ1) is 20.5. The van der Waals surface area contributed by atoms with Gasteiger partial charge in [-0.25, -0.2) is 8.78 Å². The Kier molecular flexibility index (Phi) is 5.20. The van der Waals surface area contributed by atoms with E-state index in [-0.39, 0.29) is 29.0 Å². The normalized spacial score (nSPS) is 18.0. The number of phenolic OH excluding ortho intramolecular Hbond substituents is 2. The van der Waals surface area contributed by atoms with Crippen molar-refractivity contribution in [2.75, 3.05) is 0 Å². The van der Waals surface area contributed by atoms with Gasteiger partial charge in [0.15, 0.2) is 11.6 Å². The lowest BCUT2D eigenvalue weighted by atomic mass is 9.94. The molecule has 1 atom stereocenters. The van der Waals surface area contributed by atoms with Crippen LogP contribution in [0, 0.1) is 11.6 Å². The van der Waals surface area contributed by atoms with Gasteiger partial charge in [0.2, 0.25) is 0 Å². The van der Waals surface area contributed by atoms with Gasteiger partial charge in [-0.2, -0.15) is 0 Å². The van der Waals surface area contributed by atoms with Crippen LogP contribution >= 0.6 is 11.3 Å². The van der Waals surface area contributed by atoms with Crippen LogP contribution in [0.3, 0.4) is 0 Å². The molecule has 1 amide bonds. The maximum absolute atomic E-state index is 13.7. The van der Waals surface area contributed by atoms with Crippen LogP contribution in [0.5, 0.6) is 11.5 Å². The number of nitrogens with zero attached hydrogens (tertiary/aromatic N) is 1. The Bertz CT molecular complexity index is 1220. The van der Waals surface area contributed by atoms with Crippen LogP contribution in [0.4, 0.5) is 8.78 Å². The lowest BCUT2D eigenvalue weighted by Gasteiger charge is -2.25. The van der Waals surface area contributed by atoms with Crippen LogP contribution in [-0.4, -0.2) is 31.9 Å². The Balaban J connectivity index is 1.91. The second-order valence-corrected chi connectivity index (χ2v) is 7.91. The van der Waals surface area contributed by atoms with Gasteiger partial charge in [-0.15, -0.1) is 11.3 Å². The average molecular weight is 443 g/mol. The van der Waals surface area contributed by atoms with E-state index in [0.29, 0.717) is 6.07 Å². The molecule has 1 fully saturated rings. The summed E-state index contributed by atoms with van der Waals surface area (Å²) in [5.41, 5.74) is -0.498. The molecule has 4 rings (SSSR count). The van der Waals surface area contributed by atoms with E-state index in [9.17, 15) is 33.7 Å². The van der Waals surface area contributed by atoms with Crippen molar-refractivity contribution in [3.63, 3.8) is 0 Å². The Labute approximate surface area is 178 Å². The summed E-state index contributed by atoms with van der Waals surface area (Å²) in [4.78, 5) is 27.6. The van der Waals surface area contributed by atoms with E-state index < -0.39 is 40.9 Å². The van der Waals surface area contributed by atoms with E-state index in [1.165, 1.54) is 28.4 Å². The van der Waals surface area contributed by atoms with Crippen LogP contribution in [0.2, 0.25) is 0 Å². The molecule has 6 nitrogen and oxygen atoms in total. The van der Waals surface area contributed by atoms with Gasteiger partial charge in [0.05, 0.1) is 18.2 Å². The molecule has 31 heavy (non-hydrogen) atoms. The zero-order valence-electron chi connectivity index (χ0n) is 15.8. The SMILES string of the molecule is O=C1C(=O)N(Cc2cccs2)C(c2ccc(O)cc2O)/C1=C(\O)c1ccc(F)c(F)c1. The number of rotatable bonds is 4. The number of aliphatic hydroxyl groups is 1. The molecule has 1 saturated heterocycles. The second-order valence-electron chi connectivity index (χ2n) is 6.88. The van der Waals surface area contributed by atoms with Gasteiger partial charge in [-0.1, -0.05) is 6.07 Å². The zero-order valence-corrected chi connectivity index (χ0v) is 16.6. The fourth-order valence-corrected chi connectivity index (χ4v) is 4.20. The number of halogens is 2. The van der Waals surface area contributed by atoms with Crippen molar-refractivity contribution in [2.45, 2.75) is 12.6 Å². The summed E-state index contributed by atoms with van der Waals surface area (Å²) in [7, 11) is 0. The van der Waals surface area contributed by atoms with Crippen LogP contribution in [-0.2, 0) is 16.1 Å². The lowest BCUT2D eigenvalue weighted by molar-refractivity contribution is -0.140. The van der Waals surface area contributed by atoms with Gasteiger partial charge < -0.3 is 20.2 Å². The minimum atomic E-state index is -1.24. The van der Waals surface area contributed by atoms with Crippen LogP contribution in [0.1, 0.15) is 22.0 Å². The molecule has 0 spiro atoms. The summed E-state index contributed by atoms with van der Waals surface area (Å²) in [5.74, 6) is -5.67. The molecule has 3 aromatic rings. The summed E-state index contributed by atoms with van der Waals surface area (Å²) in [6, 6.07) is 8.52. The predicted octanol–water partition coefficient (Wildman–Crippen LogP) is 4.06. The quantitative estimate of drug-likeness (QED) is 0.321.